The Labute approximate surface area is 225 Å². The van der Waals surface area contributed by atoms with Gasteiger partial charge in [-0.1, -0.05) is 24.3 Å². The van der Waals surface area contributed by atoms with Crippen molar-refractivity contribution in [2.24, 2.45) is 0 Å². The molecule has 2 unspecified atom stereocenters. The van der Waals surface area contributed by atoms with Crippen molar-refractivity contribution in [3.05, 3.63) is 82.9 Å². The summed E-state index contributed by atoms with van der Waals surface area (Å²) in [4.78, 5) is 0. The van der Waals surface area contributed by atoms with E-state index in [0.29, 0.717) is 49.1 Å². The predicted molar refractivity (Wildman–Crippen MR) is 128 cm³/mol. The number of ether oxygens (including phenoxy) is 6. The van der Waals surface area contributed by atoms with Gasteiger partial charge in [0.2, 0.25) is 0 Å². The number of hydrogen-bond donors (Lipinski definition) is 0. The number of alkyl halides is 6. The zero-order valence-electron chi connectivity index (χ0n) is 20.9. The first kappa shape index (κ1) is 27.9. The molecule has 3 aromatic carbocycles. The lowest BCUT2D eigenvalue weighted by atomic mass is 10.0. The first-order valence-electron chi connectivity index (χ1n) is 12.3. The van der Waals surface area contributed by atoms with E-state index >= 15 is 0 Å². The maximum atomic E-state index is 14.0. The molecule has 2 saturated heterocycles. The average molecular weight is 570 g/mol. The van der Waals surface area contributed by atoms with E-state index < -0.39 is 48.2 Å². The second-order valence-corrected chi connectivity index (χ2v) is 9.21. The summed E-state index contributed by atoms with van der Waals surface area (Å²) in [6.07, 6.45) is -10.6. The molecule has 0 aromatic heterocycles. The monoisotopic (exact) mass is 570 g/mol. The molecule has 0 aliphatic carbocycles. The Hall–Kier alpha value is -3.64. The van der Waals surface area contributed by atoms with E-state index in [2.05, 4.69) is 0 Å². The SMILES string of the molecule is FC(F)(F)c1c(OCc2ccc(OCC3CO3)cc2)ccc(OCc2ccc(OCC3CO3)cc2)c1C(F)(F)F. The van der Waals surface area contributed by atoms with Crippen LogP contribution in [-0.4, -0.2) is 38.6 Å². The number of rotatable bonds is 12. The molecule has 0 radical (unpaired) electrons. The highest BCUT2D eigenvalue weighted by Crippen LogP contribution is 2.49. The van der Waals surface area contributed by atoms with Crippen LogP contribution in [0.4, 0.5) is 26.3 Å². The Morgan fingerprint density at radius 1 is 0.550 bits per heavy atom. The summed E-state index contributed by atoms with van der Waals surface area (Å²) < 4.78 is 116. The molecule has 6 nitrogen and oxygen atoms in total. The minimum Gasteiger partial charge on any atom is -0.491 e. The molecule has 2 fully saturated rings. The molecule has 5 rings (SSSR count). The number of benzene rings is 3. The molecule has 0 saturated carbocycles. The molecule has 2 atom stereocenters. The Morgan fingerprint density at radius 2 is 0.900 bits per heavy atom. The van der Waals surface area contributed by atoms with Crippen LogP contribution in [0.1, 0.15) is 22.3 Å². The second kappa shape index (κ2) is 11.5. The Balaban J connectivity index is 1.30. The predicted octanol–water partition coefficient (Wildman–Crippen LogP) is 6.44. The lowest BCUT2D eigenvalue weighted by Gasteiger charge is -2.22. The maximum absolute atomic E-state index is 14.0. The molecule has 2 aliphatic rings. The van der Waals surface area contributed by atoms with Crippen LogP contribution in [0.15, 0.2) is 60.7 Å². The van der Waals surface area contributed by atoms with Crippen molar-refractivity contribution in [2.45, 2.75) is 37.8 Å². The van der Waals surface area contributed by atoms with Gasteiger partial charge in [-0.05, 0) is 47.5 Å². The summed E-state index contributed by atoms with van der Waals surface area (Å²) in [7, 11) is 0. The Kier molecular flexibility index (Phi) is 7.99. The van der Waals surface area contributed by atoms with Crippen molar-refractivity contribution < 1.29 is 54.8 Å². The minimum absolute atomic E-state index is 0.0475. The van der Waals surface area contributed by atoms with Crippen LogP contribution in [0.5, 0.6) is 23.0 Å². The minimum atomic E-state index is -5.37. The van der Waals surface area contributed by atoms with E-state index in [-0.39, 0.29) is 12.2 Å². The molecule has 40 heavy (non-hydrogen) atoms. The fourth-order valence-corrected chi connectivity index (χ4v) is 3.76. The van der Waals surface area contributed by atoms with Crippen molar-refractivity contribution in [3.8, 4) is 23.0 Å². The Morgan fingerprint density at radius 3 is 1.20 bits per heavy atom. The lowest BCUT2D eigenvalue weighted by Crippen LogP contribution is -2.20. The van der Waals surface area contributed by atoms with Gasteiger partial charge in [0, 0.05) is 0 Å². The molecule has 12 heteroatoms. The van der Waals surface area contributed by atoms with Crippen LogP contribution in [0.3, 0.4) is 0 Å². The van der Waals surface area contributed by atoms with Gasteiger partial charge in [-0.25, -0.2) is 0 Å². The molecule has 2 heterocycles. The van der Waals surface area contributed by atoms with Crippen LogP contribution in [0.2, 0.25) is 0 Å². The van der Waals surface area contributed by atoms with Gasteiger partial charge >= 0.3 is 12.4 Å². The third-order valence-electron chi connectivity index (χ3n) is 6.01. The van der Waals surface area contributed by atoms with Crippen LogP contribution >= 0.6 is 0 Å². The molecule has 3 aromatic rings. The normalized spacial score (nSPS) is 18.2. The fourth-order valence-electron chi connectivity index (χ4n) is 3.76. The lowest BCUT2D eigenvalue weighted by molar-refractivity contribution is -0.164. The summed E-state index contributed by atoms with van der Waals surface area (Å²) in [6, 6.07) is 14.2. The van der Waals surface area contributed by atoms with Crippen LogP contribution in [0, 0.1) is 0 Å². The van der Waals surface area contributed by atoms with Gasteiger partial charge in [0.15, 0.2) is 0 Å². The van der Waals surface area contributed by atoms with E-state index in [9.17, 15) is 26.3 Å². The molecular weight excluding hydrogens is 546 g/mol. The summed E-state index contributed by atoms with van der Waals surface area (Å²) in [5.41, 5.74) is -3.02. The molecule has 0 spiro atoms. The van der Waals surface area contributed by atoms with Crippen molar-refractivity contribution in [2.75, 3.05) is 26.4 Å². The van der Waals surface area contributed by atoms with Gasteiger partial charge < -0.3 is 28.4 Å². The maximum Gasteiger partial charge on any atom is 0.420 e. The first-order chi connectivity index (χ1) is 19.1. The second-order valence-electron chi connectivity index (χ2n) is 9.21. The number of halogens is 6. The molecule has 214 valence electrons. The highest BCUT2D eigenvalue weighted by Gasteiger charge is 2.48. The first-order valence-corrected chi connectivity index (χ1v) is 12.3. The van der Waals surface area contributed by atoms with Gasteiger partial charge in [0.1, 0.15) is 72.8 Å². The van der Waals surface area contributed by atoms with E-state index in [1.807, 2.05) is 0 Å². The number of epoxide rings is 2. The molecular formula is C28H24F6O6. The molecule has 0 bridgehead atoms. The standard InChI is InChI=1S/C28H24F6O6/c29-27(30,31)25-23(39-11-17-1-5-19(6-2-17)35-13-21-15-37-21)9-10-24(26(25)28(32,33)34)40-12-18-3-7-20(8-4-18)36-14-22-16-38-22/h1-10,21-22H,11-16H2. The van der Waals surface area contributed by atoms with Crippen molar-refractivity contribution >= 4 is 0 Å². The summed E-state index contributed by atoms with van der Waals surface area (Å²) in [6.45, 7) is 1.19. The topological polar surface area (TPSA) is 62.0 Å². The fraction of sp³-hybridized carbons (Fsp3) is 0.357. The summed E-state index contributed by atoms with van der Waals surface area (Å²) in [5, 5.41) is 0. The van der Waals surface area contributed by atoms with E-state index in [0.717, 1.165) is 12.1 Å². The zero-order chi connectivity index (χ0) is 28.3. The molecule has 0 amide bonds. The highest BCUT2D eigenvalue weighted by molar-refractivity contribution is 5.52. The smallest absolute Gasteiger partial charge is 0.420 e. The van der Waals surface area contributed by atoms with Gasteiger partial charge in [-0.2, -0.15) is 26.3 Å². The third-order valence-corrected chi connectivity index (χ3v) is 6.01. The Bertz CT molecular complexity index is 1180. The number of hydrogen-bond acceptors (Lipinski definition) is 6. The van der Waals surface area contributed by atoms with Crippen LogP contribution in [0.25, 0.3) is 0 Å². The summed E-state index contributed by atoms with van der Waals surface area (Å²) >= 11 is 0. The van der Waals surface area contributed by atoms with Gasteiger partial charge in [-0.15, -0.1) is 0 Å². The largest absolute Gasteiger partial charge is 0.491 e. The van der Waals surface area contributed by atoms with Gasteiger partial charge in [0.05, 0.1) is 13.2 Å². The van der Waals surface area contributed by atoms with Crippen molar-refractivity contribution in [1.82, 2.24) is 0 Å². The van der Waals surface area contributed by atoms with Gasteiger partial charge in [0.25, 0.3) is 0 Å². The van der Waals surface area contributed by atoms with Crippen LogP contribution < -0.4 is 18.9 Å². The zero-order valence-corrected chi connectivity index (χ0v) is 20.9. The quantitative estimate of drug-likeness (QED) is 0.185. The highest BCUT2D eigenvalue weighted by atomic mass is 19.4. The van der Waals surface area contributed by atoms with E-state index in [1.165, 1.54) is 0 Å². The van der Waals surface area contributed by atoms with Gasteiger partial charge in [-0.3, -0.25) is 0 Å². The average Bonchev–Trinajstić information content (AvgIpc) is 3.84. The van der Waals surface area contributed by atoms with E-state index in [4.69, 9.17) is 28.4 Å². The van der Waals surface area contributed by atoms with E-state index in [1.54, 1.807) is 48.5 Å². The third kappa shape index (κ3) is 7.51. The van der Waals surface area contributed by atoms with Crippen LogP contribution in [-0.2, 0) is 35.0 Å². The van der Waals surface area contributed by atoms with Crippen molar-refractivity contribution in [3.63, 3.8) is 0 Å². The molecule has 2 aliphatic heterocycles. The summed E-state index contributed by atoms with van der Waals surface area (Å²) in [5.74, 6) is -0.878. The van der Waals surface area contributed by atoms with Crippen molar-refractivity contribution in [1.29, 1.82) is 0 Å². The molecule has 0 N–H and O–H groups in total.